The van der Waals surface area contributed by atoms with Gasteiger partial charge in [0, 0.05) is 32.7 Å². The molecule has 0 unspecified atom stereocenters. The molecule has 1 saturated heterocycles. The third-order valence-electron chi connectivity index (χ3n) is 6.29. The van der Waals surface area contributed by atoms with Gasteiger partial charge in [0.25, 0.3) is 0 Å². The number of halogens is 2. The van der Waals surface area contributed by atoms with Crippen LogP contribution in [-0.4, -0.2) is 68.6 Å². The zero-order valence-corrected chi connectivity index (χ0v) is 22.1. The van der Waals surface area contributed by atoms with E-state index < -0.39 is 10.3 Å². The zero-order chi connectivity index (χ0) is 27.4. The van der Waals surface area contributed by atoms with E-state index in [9.17, 15) is 8.78 Å². The van der Waals surface area contributed by atoms with Crippen molar-refractivity contribution in [3.63, 3.8) is 0 Å². The number of aryl methyl sites for hydroxylation is 1. The van der Waals surface area contributed by atoms with Crippen LogP contribution >= 0.6 is 0 Å². The number of hydrogen-bond acceptors (Lipinski definition) is 5. The Balaban J connectivity index is 0.000000732. The van der Waals surface area contributed by atoms with Gasteiger partial charge < -0.3 is 9.64 Å². The van der Waals surface area contributed by atoms with Crippen molar-refractivity contribution in [1.82, 2.24) is 9.80 Å². The van der Waals surface area contributed by atoms with Gasteiger partial charge in [0.05, 0.1) is 6.61 Å². The summed E-state index contributed by atoms with van der Waals surface area (Å²) in [5, 5.41) is 3.88. The second-order valence-electron chi connectivity index (χ2n) is 9.14. The van der Waals surface area contributed by atoms with E-state index in [-0.39, 0.29) is 17.7 Å². The Morgan fingerprint density at radius 1 is 0.789 bits per heavy atom. The predicted octanol–water partition coefficient (Wildman–Crippen LogP) is 4.07. The normalized spacial score (nSPS) is 14.8. The lowest BCUT2D eigenvalue weighted by molar-refractivity contribution is 0.0451. The van der Waals surface area contributed by atoms with Crippen LogP contribution in [0, 0.1) is 11.6 Å². The van der Waals surface area contributed by atoms with Gasteiger partial charge in [-0.05, 0) is 60.3 Å². The molecule has 0 aliphatic carbocycles. The molecule has 3 N–H and O–H groups in total. The molecule has 4 rings (SSSR count). The van der Waals surface area contributed by atoms with Crippen molar-refractivity contribution in [2.24, 2.45) is 5.14 Å². The molecule has 206 valence electrons. The average molecular weight is 548 g/mol. The summed E-state index contributed by atoms with van der Waals surface area (Å²) in [6.07, 6.45) is 1.97. The van der Waals surface area contributed by atoms with Crippen molar-refractivity contribution in [2.45, 2.75) is 18.9 Å². The Labute approximate surface area is 223 Å². The van der Waals surface area contributed by atoms with E-state index in [1.165, 1.54) is 36.2 Å². The first-order valence-corrected chi connectivity index (χ1v) is 14.0. The maximum absolute atomic E-state index is 13.4. The fraction of sp³-hybridized carbons (Fsp3) is 0.357. The van der Waals surface area contributed by atoms with Gasteiger partial charge in [-0.1, -0.05) is 54.6 Å². The number of benzene rings is 3. The third-order valence-corrected chi connectivity index (χ3v) is 6.29. The van der Waals surface area contributed by atoms with Gasteiger partial charge in [-0.15, -0.1) is 0 Å². The third kappa shape index (κ3) is 11.3. The van der Waals surface area contributed by atoms with E-state index in [0.29, 0.717) is 6.61 Å². The smallest absolute Gasteiger partial charge is 0.330 e. The molecule has 0 saturated carbocycles. The van der Waals surface area contributed by atoms with Gasteiger partial charge in [0.1, 0.15) is 17.7 Å². The molecular formula is C28H35F2N3O4S. The summed E-state index contributed by atoms with van der Waals surface area (Å²) in [5.74, 6) is -0.559. The van der Waals surface area contributed by atoms with Gasteiger partial charge in [-0.3, -0.25) is 9.45 Å². The molecule has 0 spiro atoms. The van der Waals surface area contributed by atoms with Crippen LogP contribution < -0.4 is 5.14 Å². The number of nitrogens with zero attached hydrogens (tertiary/aromatic N) is 2. The van der Waals surface area contributed by atoms with Crippen molar-refractivity contribution >= 4 is 10.3 Å². The maximum Gasteiger partial charge on any atom is 0.330 e. The Hall–Kier alpha value is -2.73. The van der Waals surface area contributed by atoms with Crippen LogP contribution in [0.25, 0.3) is 0 Å². The number of ether oxygens (including phenoxy) is 1. The Kier molecular flexibility index (Phi) is 11.8. The quantitative estimate of drug-likeness (QED) is 0.372. The van der Waals surface area contributed by atoms with E-state index in [1.54, 1.807) is 24.3 Å². The number of rotatable bonds is 10. The molecule has 3 aromatic carbocycles. The highest BCUT2D eigenvalue weighted by Crippen LogP contribution is 2.26. The largest absolute Gasteiger partial charge is 0.367 e. The molecule has 10 heteroatoms. The molecule has 3 aromatic rings. The Bertz CT molecular complexity index is 1140. The highest BCUT2D eigenvalue weighted by Gasteiger charge is 2.19. The molecule has 38 heavy (non-hydrogen) atoms. The molecule has 0 atom stereocenters. The van der Waals surface area contributed by atoms with Crippen molar-refractivity contribution in [1.29, 1.82) is 0 Å². The van der Waals surface area contributed by atoms with Crippen LogP contribution in [-0.2, 0) is 21.5 Å². The average Bonchev–Trinajstić information content (AvgIpc) is 2.89. The lowest BCUT2D eigenvalue weighted by Crippen LogP contribution is -2.47. The molecule has 1 aliphatic rings. The van der Waals surface area contributed by atoms with Crippen molar-refractivity contribution < 1.29 is 26.5 Å². The Morgan fingerprint density at radius 3 is 1.71 bits per heavy atom. The minimum absolute atomic E-state index is 0.279. The second kappa shape index (κ2) is 15.0. The van der Waals surface area contributed by atoms with E-state index in [0.717, 1.165) is 56.8 Å². The summed E-state index contributed by atoms with van der Waals surface area (Å²) in [4.78, 5) is 4.97. The number of piperazine rings is 1. The summed E-state index contributed by atoms with van der Waals surface area (Å²) >= 11 is 0. The molecular weight excluding hydrogens is 512 g/mol. The van der Waals surface area contributed by atoms with Gasteiger partial charge in [-0.25, -0.2) is 13.9 Å². The first-order chi connectivity index (χ1) is 18.2. The molecule has 1 heterocycles. The molecule has 1 fully saturated rings. The number of hydrogen-bond donors (Lipinski definition) is 2. The fourth-order valence-electron chi connectivity index (χ4n) is 4.35. The van der Waals surface area contributed by atoms with Crippen LogP contribution in [0.5, 0.6) is 0 Å². The number of nitrogens with two attached hydrogens (primary N) is 1. The topological polar surface area (TPSA) is 96.1 Å². The van der Waals surface area contributed by atoms with Crippen molar-refractivity contribution in [3.8, 4) is 0 Å². The van der Waals surface area contributed by atoms with E-state index >= 15 is 0 Å². The minimum atomic E-state index is -4.17. The predicted molar refractivity (Wildman–Crippen MR) is 144 cm³/mol. The molecule has 7 nitrogen and oxygen atoms in total. The van der Waals surface area contributed by atoms with Crippen molar-refractivity contribution in [3.05, 3.63) is 107 Å². The van der Waals surface area contributed by atoms with E-state index in [2.05, 4.69) is 45.3 Å². The van der Waals surface area contributed by atoms with Crippen LogP contribution in [0.15, 0.2) is 78.9 Å². The van der Waals surface area contributed by atoms with Crippen LogP contribution in [0.1, 0.15) is 29.2 Å². The molecule has 1 aliphatic heterocycles. The molecule has 0 radical (unpaired) electrons. The van der Waals surface area contributed by atoms with Crippen LogP contribution in [0.3, 0.4) is 0 Å². The van der Waals surface area contributed by atoms with Gasteiger partial charge in [0.15, 0.2) is 0 Å². The summed E-state index contributed by atoms with van der Waals surface area (Å²) < 4.78 is 58.2. The van der Waals surface area contributed by atoms with E-state index in [1.807, 2.05) is 0 Å². The van der Waals surface area contributed by atoms with Crippen molar-refractivity contribution in [2.75, 3.05) is 45.9 Å². The molecule has 0 aromatic heterocycles. The van der Waals surface area contributed by atoms with Crippen LogP contribution in [0.4, 0.5) is 8.78 Å². The highest BCUT2D eigenvalue weighted by molar-refractivity contribution is 7.83. The Morgan fingerprint density at radius 2 is 1.24 bits per heavy atom. The van der Waals surface area contributed by atoms with Gasteiger partial charge in [-0.2, -0.15) is 8.42 Å². The molecule has 0 amide bonds. The zero-order valence-electron chi connectivity index (χ0n) is 21.3. The van der Waals surface area contributed by atoms with Crippen LogP contribution in [0.2, 0.25) is 0 Å². The second-order valence-corrected chi connectivity index (χ2v) is 10.2. The summed E-state index contributed by atoms with van der Waals surface area (Å²) in [6, 6.07) is 23.3. The lowest BCUT2D eigenvalue weighted by Gasteiger charge is -2.35. The fourth-order valence-corrected chi connectivity index (χ4v) is 4.35. The summed E-state index contributed by atoms with van der Waals surface area (Å²) in [7, 11) is -4.17. The van der Waals surface area contributed by atoms with E-state index in [4.69, 9.17) is 17.7 Å². The maximum atomic E-state index is 13.4. The lowest BCUT2D eigenvalue weighted by atomic mass is 10.0. The first-order valence-electron chi connectivity index (χ1n) is 12.5. The first kappa shape index (κ1) is 29.8. The SMILES string of the molecule is Fc1ccc(C(OCCN2CCN(CCCc3ccccc3)CC2)c2ccc(F)cc2)cc1.NS(=O)(=O)O. The summed E-state index contributed by atoms with van der Waals surface area (Å²) in [6.45, 7) is 6.77. The van der Waals surface area contributed by atoms with Gasteiger partial charge in [0.2, 0.25) is 0 Å². The minimum Gasteiger partial charge on any atom is -0.367 e. The van der Waals surface area contributed by atoms with Gasteiger partial charge >= 0.3 is 10.3 Å². The standard InChI is InChI=1S/C28H32F2N2O.H3NO3S/c29-26-12-8-24(9-13-26)28(25-10-14-27(30)15-11-25)33-22-21-32-19-17-31(18-20-32)16-4-7-23-5-2-1-3-6-23;1-5(2,3)4/h1-3,5-6,8-15,28H,4,7,16-22H2;(H3,1,2,3,4). The monoisotopic (exact) mass is 547 g/mol. The highest BCUT2D eigenvalue weighted by atomic mass is 32.2. The molecule has 0 bridgehead atoms. The summed E-state index contributed by atoms with van der Waals surface area (Å²) in [5.41, 5.74) is 3.14.